The van der Waals surface area contributed by atoms with Crippen molar-refractivity contribution in [3.05, 3.63) is 0 Å². The standard InChI is InChI=1S/4C4H9.CNS.O.2Sn/c4*1-3-4-2;2-1-3;;;/h4*1,3-4H2,2H3;;;;/q;;;;-1;;;+1. The molecule has 22 heavy (non-hydrogen) atoms. The summed E-state index contributed by atoms with van der Waals surface area (Å²) in [5.74, 6) is 0. The molecule has 0 atom stereocenters. The van der Waals surface area contributed by atoms with Gasteiger partial charge >= 0.3 is 158 Å². The van der Waals surface area contributed by atoms with E-state index in [9.17, 15) is 0 Å². The van der Waals surface area contributed by atoms with Crippen LogP contribution in [0.15, 0.2) is 3.21 Å². The van der Waals surface area contributed by atoms with E-state index >= 15 is 0 Å². The van der Waals surface area contributed by atoms with Gasteiger partial charge in [-0.2, -0.15) is 0 Å². The van der Waals surface area contributed by atoms with Crippen LogP contribution in [0.4, 0.5) is 0 Å². The molecule has 0 fully saturated rings. The molecule has 1 radical (unpaired) electrons. The molecule has 0 rings (SSSR count). The molecular weight excluding hydrogens is 504 g/mol. The van der Waals surface area contributed by atoms with Gasteiger partial charge in [-0.15, -0.1) is 0 Å². The zero-order chi connectivity index (χ0) is 16.7. The Kier molecular flexibility index (Phi) is 16.8. The first-order chi connectivity index (χ1) is 10.7. The third-order valence-electron chi connectivity index (χ3n) is 4.21. The molecule has 0 bridgehead atoms. The molecule has 0 spiro atoms. The van der Waals surface area contributed by atoms with Gasteiger partial charge in [-0.25, -0.2) is 0 Å². The van der Waals surface area contributed by atoms with Crippen molar-refractivity contribution in [2.24, 2.45) is 3.21 Å². The van der Waals surface area contributed by atoms with Crippen LogP contribution >= 0.6 is 12.2 Å². The number of isothiocyanates is 1. The SMILES string of the molecule is CCC[CH2][Sn]([N]=C=S)[O][Sn]([CH2]CCC)([CH2]CCC)[CH2]CCC. The summed E-state index contributed by atoms with van der Waals surface area (Å²) in [6.07, 6.45) is 10.5. The Morgan fingerprint density at radius 2 is 1.32 bits per heavy atom. The van der Waals surface area contributed by atoms with Crippen LogP contribution in [-0.2, 0) is 1.41 Å². The van der Waals surface area contributed by atoms with Gasteiger partial charge in [-0.05, 0) is 0 Å². The van der Waals surface area contributed by atoms with Crippen molar-refractivity contribution < 1.29 is 1.41 Å². The number of rotatable bonds is 15. The van der Waals surface area contributed by atoms with Crippen LogP contribution in [-0.4, -0.2) is 44.4 Å². The van der Waals surface area contributed by atoms with Crippen LogP contribution in [0.5, 0.6) is 0 Å². The first-order valence-corrected chi connectivity index (χ1v) is 21.4. The minimum atomic E-state index is -2.46. The number of nitrogens with zero attached hydrogens (tertiary/aromatic N) is 1. The van der Waals surface area contributed by atoms with Gasteiger partial charge in [0.25, 0.3) is 0 Å². The molecule has 0 aromatic rings. The maximum absolute atomic E-state index is 7.00. The summed E-state index contributed by atoms with van der Waals surface area (Å²) < 4.78 is 17.0. The second-order valence-corrected chi connectivity index (χ2v) is 26.3. The molecule has 0 aliphatic rings. The molecule has 0 aromatic carbocycles. The Morgan fingerprint density at radius 1 is 0.864 bits per heavy atom. The Hall–Kier alpha value is 1.36. The fourth-order valence-electron chi connectivity index (χ4n) is 2.78. The molecule has 0 saturated heterocycles. The fraction of sp³-hybridized carbons (Fsp3) is 0.941. The van der Waals surface area contributed by atoms with Gasteiger partial charge in [0.15, 0.2) is 0 Å². The Morgan fingerprint density at radius 3 is 1.68 bits per heavy atom. The zero-order valence-electron chi connectivity index (χ0n) is 15.2. The van der Waals surface area contributed by atoms with E-state index in [0.717, 1.165) is 0 Å². The summed E-state index contributed by atoms with van der Waals surface area (Å²) >= 11 is 0.317. The van der Waals surface area contributed by atoms with E-state index in [1.807, 2.05) is 0 Å². The van der Waals surface area contributed by atoms with Crippen molar-refractivity contribution in [1.29, 1.82) is 0 Å². The van der Waals surface area contributed by atoms with Crippen molar-refractivity contribution in [3.63, 3.8) is 0 Å². The molecule has 0 aliphatic heterocycles. The quantitative estimate of drug-likeness (QED) is 0.131. The second-order valence-electron chi connectivity index (χ2n) is 6.30. The van der Waals surface area contributed by atoms with E-state index in [2.05, 4.69) is 36.1 Å². The van der Waals surface area contributed by atoms with Crippen molar-refractivity contribution in [2.75, 3.05) is 0 Å². The van der Waals surface area contributed by atoms with E-state index in [1.165, 1.54) is 69.1 Å². The van der Waals surface area contributed by atoms with Crippen LogP contribution in [0.1, 0.15) is 79.1 Å². The van der Waals surface area contributed by atoms with Gasteiger partial charge in [0, 0.05) is 0 Å². The summed E-state index contributed by atoms with van der Waals surface area (Å²) in [6, 6.07) is 0. The molecule has 0 heterocycles. The molecule has 0 saturated carbocycles. The van der Waals surface area contributed by atoms with Crippen molar-refractivity contribution in [3.8, 4) is 0 Å². The summed E-state index contributed by atoms with van der Waals surface area (Å²) in [6.45, 7) is 9.18. The molecule has 2 nitrogen and oxygen atoms in total. The fourth-order valence-corrected chi connectivity index (χ4v) is 37.6. The van der Waals surface area contributed by atoms with Crippen LogP contribution in [0.25, 0.3) is 0 Å². The average Bonchev–Trinajstić information content (AvgIpc) is 2.54. The van der Waals surface area contributed by atoms with E-state index in [-0.39, 0.29) is 0 Å². The topological polar surface area (TPSA) is 21.6 Å². The Balaban J connectivity index is 5.03. The van der Waals surface area contributed by atoms with Gasteiger partial charge in [-0.1, -0.05) is 0 Å². The van der Waals surface area contributed by atoms with E-state index in [0.29, 0.717) is 0 Å². The predicted octanol–water partition coefficient (Wildman–Crippen LogP) is 6.74. The summed E-state index contributed by atoms with van der Waals surface area (Å²) in [5.41, 5.74) is 0. The molecule has 0 N–H and O–H groups in total. The summed E-state index contributed by atoms with van der Waals surface area (Å²) in [7, 11) is 0. The number of hydrogen-bond donors (Lipinski definition) is 0. The molecular formula is C17H36NOSSn2. The monoisotopic (exact) mass is 542 g/mol. The average molecular weight is 540 g/mol. The summed E-state index contributed by atoms with van der Waals surface area (Å²) in [4.78, 5) is 0. The third-order valence-corrected chi connectivity index (χ3v) is 33.6. The molecule has 5 heteroatoms. The number of hydrogen-bond acceptors (Lipinski definition) is 3. The maximum atomic E-state index is 7.00. The van der Waals surface area contributed by atoms with Crippen LogP contribution < -0.4 is 0 Å². The normalized spacial score (nSPS) is 11.7. The Bertz CT molecular complexity index is 287. The first kappa shape index (κ1) is 23.4. The van der Waals surface area contributed by atoms with Gasteiger partial charge in [0.05, 0.1) is 0 Å². The van der Waals surface area contributed by atoms with E-state index < -0.39 is 39.2 Å². The third kappa shape index (κ3) is 11.0. The molecule has 0 amide bonds. The first-order valence-electron chi connectivity index (χ1n) is 9.30. The minimum absolute atomic E-state index is 1.21. The van der Waals surface area contributed by atoms with Crippen LogP contribution in [0, 0.1) is 0 Å². The zero-order valence-corrected chi connectivity index (χ0v) is 21.8. The second kappa shape index (κ2) is 15.9. The van der Waals surface area contributed by atoms with Gasteiger partial charge in [-0.3, -0.25) is 0 Å². The van der Waals surface area contributed by atoms with Gasteiger partial charge < -0.3 is 0 Å². The molecule has 129 valence electrons. The predicted molar refractivity (Wildman–Crippen MR) is 106 cm³/mol. The van der Waals surface area contributed by atoms with Crippen molar-refractivity contribution >= 4 is 56.6 Å². The molecule has 0 aliphatic carbocycles. The van der Waals surface area contributed by atoms with Gasteiger partial charge in [0.1, 0.15) is 0 Å². The number of thiocarbonyl (C=S) groups is 1. The van der Waals surface area contributed by atoms with Crippen molar-refractivity contribution in [2.45, 2.75) is 96.8 Å². The summed E-state index contributed by atoms with van der Waals surface area (Å²) in [5, 5.41) is 2.67. The number of unbranched alkanes of at least 4 members (excludes halogenated alkanes) is 4. The van der Waals surface area contributed by atoms with E-state index in [1.54, 1.807) is 0 Å². The molecule has 0 aromatic heterocycles. The van der Waals surface area contributed by atoms with Crippen molar-refractivity contribution in [1.82, 2.24) is 0 Å². The molecule has 0 unspecified atom stereocenters. The van der Waals surface area contributed by atoms with E-state index in [4.69, 9.17) is 13.6 Å². The Labute approximate surface area is 156 Å². The van der Waals surface area contributed by atoms with Gasteiger partial charge in [0.2, 0.25) is 0 Å². The van der Waals surface area contributed by atoms with Crippen LogP contribution in [0.3, 0.4) is 0 Å². The van der Waals surface area contributed by atoms with Crippen LogP contribution in [0.2, 0.25) is 17.7 Å².